The zero-order valence-corrected chi connectivity index (χ0v) is 17.0. The van der Waals surface area contributed by atoms with E-state index in [4.69, 9.17) is 16.3 Å². The Morgan fingerprint density at radius 1 is 1.17 bits per heavy atom. The molecule has 0 aliphatic carbocycles. The normalized spacial score (nSPS) is 12.8. The number of nitrogens with zero attached hydrogens (tertiary/aromatic N) is 1. The van der Waals surface area contributed by atoms with Gasteiger partial charge in [0.1, 0.15) is 5.75 Å². The second-order valence-electron chi connectivity index (χ2n) is 6.72. The van der Waals surface area contributed by atoms with Crippen molar-refractivity contribution in [1.29, 1.82) is 0 Å². The number of carbonyl (C=O) groups excluding carboxylic acids is 3. The average Bonchev–Trinajstić information content (AvgIpc) is 2.71. The van der Waals surface area contributed by atoms with Crippen LogP contribution in [0, 0.1) is 0 Å². The summed E-state index contributed by atoms with van der Waals surface area (Å²) >= 11 is 6.24. The first-order chi connectivity index (χ1) is 13.9. The van der Waals surface area contributed by atoms with Crippen molar-refractivity contribution < 1.29 is 19.1 Å². The quantitative estimate of drug-likeness (QED) is 0.744. The molecule has 7 nitrogen and oxygen atoms in total. The number of amides is 3. The van der Waals surface area contributed by atoms with E-state index >= 15 is 0 Å². The first-order valence-corrected chi connectivity index (χ1v) is 9.71. The van der Waals surface area contributed by atoms with Crippen molar-refractivity contribution in [2.75, 3.05) is 29.2 Å². The number of nitrogens with one attached hydrogen (secondary N) is 2. The Morgan fingerprint density at radius 3 is 2.69 bits per heavy atom. The van der Waals surface area contributed by atoms with Crippen LogP contribution in [-0.2, 0) is 9.59 Å². The molecule has 8 heteroatoms. The molecule has 0 atom stereocenters. The number of ether oxygens (including phenoxy) is 1. The molecule has 0 saturated carbocycles. The minimum absolute atomic E-state index is 0.0190. The fourth-order valence-electron chi connectivity index (χ4n) is 2.86. The van der Waals surface area contributed by atoms with Crippen LogP contribution in [0.3, 0.4) is 0 Å². The summed E-state index contributed by atoms with van der Waals surface area (Å²) in [5, 5.41) is 5.86. The number of likely N-dealkylation sites (N-methyl/N-ethyl adjacent to an activating group) is 1. The summed E-state index contributed by atoms with van der Waals surface area (Å²) in [7, 11) is 1.64. The molecule has 0 radical (unpaired) electrons. The smallest absolute Gasteiger partial charge is 0.264 e. The lowest BCUT2D eigenvalue weighted by Crippen LogP contribution is -2.35. The van der Waals surface area contributed by atoms with E-state index in [9.17, 15) is 14.4 Å². The van der Waals surface area contributed by atoms with Gasteiger partial charge in [0, 0.05) is 24.7 Å². The van der Waals surface area contributed by atoms with Crippen molar-refractivity contribution in [2.24, 2.45) is 0 Å². The van der Waals surface area contributed by atoms with Gasteiger partial charge in [0.15, 0.2) is 6.61 Å². The van der Waals surface area contributed by atoms with E-state index in [1.54, 1.807) is 43.4 Å². The van der Waals surface area contributed by atoms with Crippen LogP contribution in [0.25, 0.3) is 0 Å². The van der Waals surface area contributed by atoms with E-state index < -0.39 is 0 Å². The van der Waals surface area contributed by atoms with Gasteiger partial charge in [-0.25, -0.2) is 0 Å². The van der Waals surface area contributed by atoms with E-state index in [-0.39, 0.29) is 24.3 Å². The number of hydrogen-bond acceptors (Lipinski definition) is 4. The van der Waals surface area contributed by atoms with Gasteiger partial charge >= 0.3 is 0 Å². The molecule has 1 aliphatic heterocycles. The van der Waals surface area contributed by atoms with Gasteiger partial charge in [-0.15, -0.1) is 0 Å². The van der Waals surface area contributed by atoms with Crippen LogP contribution in [0.4, 0.5) is 17.1 Å². The van der Waals surface area contributed by atoms with Crippen molar-refractivity contribution in [3.05, 3.63) is 47.0 Å². The standard InChI is InChI=1S/C21H22ClN3O4/c1-3-4-5-19(26)24-16-8-7-14(11-15(16)22)23-21(28)13-6-9-18-17(10-13)25(2)20(27)12-29-18/h6-11H,3-5,12H2,1-2H3,(H,23,28)(H,24,26). The van der Waals surface area contributed by atoms with E-state index in [0.717, 1.165) is 12.8 Å². The molecule has 3 rings (SSSR count). The molecule has 2 N–H and O–H groups in total. The highest BCUT2D eigenvalue weighted by molar-refractivity contribution is 6.34. The van der Waals surface area contributed by atoms with Gasteiger partial charge in [0.2, 0.25) is 5.91 Å². The monoisotopic (exact) mass is 415 g/mol. The predicted molar refractivity (Wildman–Crippen MR) is 113 cm³/mol. The van der Waals surface area contributed by atoms with Crippen LogP contribution in [0.5, 0.6) is 5.75 Å². The van der Waals surface area contributed by atoms with Gasteiger partial charge in [-0.3, -0.25) is 14.4 Å². The third-order valence-corrected chi connectivity index (χ3v) is 4.88. The Bertz CT molecular complexity index is 961. The lowest BCUT2D eigenvalue weighted by molar-refractivity contribution is -0.121. The molecule has 3 amide bonds. The topological polar surface area (TPSA) is 87.7 Å². The molecule has 0 unspecified atom stereocenters. The summed E-state index contributed by atoms with van der Waals surface area (Å²) in [6.07, 6.45) is 2.18. The van der Waals surface area contributed by atoms with Crippen molar-refractivity contribution in [1.82, 2.24) is 0 Å². The average molecular weight is 416 g/mol. The van der Waals surface area contributed by atoms with Crippen LogP contribution >= 0.6 is 11.6 Å². The Hall–Kier alpha value is -3.06. The molecule has 0 fully saturated rings. The van der Waals surface area contributed by atoms with Crippen LogP contribution < -0.4 is 20.3 Å². The summed E-state index contributed by atoms with van der Waals surface area (Å²) in [5.41, 5.74) is 1.90. The van der Waals surface area contributed by atoms with E-state index in [1.165, 1.54) is 4.90 Å². The van der Waals surface area contributed by atoms with Gasteiger partial charge in [-0.2, -0.15) is 0 Å². The first-order valence-electron chi connectivity index (χ1n) is 9.33. The number of hydrogen-bond donors (Lipinski definition) is 2. The molecule has 0 saturated heterocycles. The van der Waals surface area contributed by atoms with Crippen LogP contribution in [0.2, 0.25) is 5.02 Å². The lowest BCUT2D eigenvalue weighted by atomic mass is 10.1. The third kappa shape index (κ3) is 4.86. The van der Waals surface area contributed by atoms with Crippen LogP contribution in [0.15, 0.2) is 36.4 Å². The molecular weight excluding hydrogens is 394 g/mol. The second kappa shape index (κ2) is 8.96. The van der Waals surface area contributed by atoms with Gasteiger partial charge in [-0.05, 0) is 42.8 Å². The molecule has 0 spiro atoms. The fraction of sp³-hybridized carbons (Fsp3) is 0.286. The molecule has 1 aliphatic rings. The molecule has 152 valence electrons. The maximum Gasteiger partial charge on any atom is 0.264 e. The number of anilines is 3. The van der Waals surface area contributed by atoms with Crippen molar-refractivity contribution in [3.63, 3.8) is 0 Å². The van der Waals surface area contributed by atoms with E-state index in [1.807, 2.05) is 6.92 Å². The number of fused-ring (bicyclic) bond motifs is 1. The van der Waals surface area contributed by atoms with Gasteiger partial charge in [0.25, 0.3) is 11.8 Å². The number of carbonyl (C=O) groups is 3. The SMILES string of the molecule is CCCCC(=O)Nc1ccc(NC(=O)c2ccc3c(c2)N(C)C(=O)CO3)cc1Cl. The molecule has 0 aromatic heterocycles. The number of halogens is 1. The highest BCUT2D eigenvalue weighted by atomic mass is 35.5. The predicted octanol–water partition coefficient (Wildman–Crippen LogP) is 4.08. The summed E-state index contributed by atoms with van der Waals surface area (Å²) in [4.78, 5) is 37.7. The highest BCUT2D eigenvalue weighted by Gasteiger charge is 2.23. The molecule has 1 heterocycles. The Labute approximate surface area is 174 Å². The van der Waals surface area contributed by atoms with Crippen LogP contribution in [-0.4, -0.2) is 31.4 Å². The van der Waals surface area contributed by atoms with E-state index in [0.29, 0.717) is 39.8 Å². The summed E-state index contributed by atoms with van der Waals surface area (Å²) in [6.45, 7) is 2.00. The molecule has 2 aromatic rings. The zero-order chi connectivity index (χ0) is 21.0. The molecular formula is C21H22ClN3O4. The molecule has 0 bridgehead atoms. The molecule has 2 aromatic carbocycles. The fourth-order valence-corrected chi connectivity index (χ4v) is 3.09. The second-order valence-corrected chi connectivity index (χ2v) is 7.13. The minimum atomic E-state index is -0.352. The Morgan fingerprint density at radius 2 is 1.97 bits per heavy atom. The van der Waals surface area contributed by atoms with Crippen molar-refractivity contribution in [3.8, 4) is 5.75 Å². The zero-order valence-electron chi connectivity index (χ0n) is 16.3. The van der Waals surface area contributed by atoms with Crippen molar-refractivity contribution in [2.45, 2.75) is 26.2 Å². The first kappa shape index (κ1) is 20.7. The maximum atomic E-state index is 12.6. The minimum Gasteiger partial charge on any atom is -0.482 e. The summed E-state index contributed by atoms with van der Waals surface area (Å²) < 4.78 is 5.37. The Kier molecular flexibility index (Phi) is 6.39. The van der Waals surface area contributed by atoms with Gasteiger partial charge < -0.3 is 20.3 Å². The lowest BCUT2D eigenvalue weighted by Gasteiger charge is -2.26. The number of unbranched alkanes of at least 4 members (excludes halogenated alkanes) is 1. The van der Waals surface area contributed by atoms with E-state index in [2.05, 4.69) is 10.6 Å². The Balaban J connectivity index is 1.70. The van der Waals surface area contributed by atoms with Gasteiger partial charge in [-0.1, -0.05) is 24.9 Å². The number of rotatable bonds is 6. The number of benzene rings is 2. The van der Waals surface area contributed by atoms with Crippen molar-refractivity contribution >= 4 is 46.4 Å². The summed E-state index contributed by atoms with van der Waals surface area (Å²) in [5.74, 6) is -0.0798. The highest BCUT2D eigenvalue weighted by Crippen LogP contribution is 2.32. The van der Waals surface area contributed by atoms with Gasteiger partial charge in [0.05, 0.1) is 16.4 Å². The van der Waals surface area contributed by atoms with Crippen LogP contribution in [0.1, 0.15) is 36.5 Å². The summed E-state index contributed by atoms with van der Waals surface area (Å²) in [6, 6.07) is 9.78. The third-order valence-electron chi connectivity index (χ3n) is 4.57. The maximum absolute atomic E-state index is 12.6. The largest absolute Gasteiger partial charge is 0.482 e. The molecule has 29 heavy (non-hydrogen) atoms.